The Morgan fingerprint density at radius 3 is 2.95 bits per heavy atom. The van der Waals surface area contributed by atoms with Gasteiger partial charge >= 0.3 is 0 Å². The summed E-state index contributed by atoms with van der Waals surface area (Å²) in [6.45, 7) is 4.20. The van der Waals surface area contributed by atoms with Gasteiger partial charge in [0, 0.05) is 11.6 Å². The Kier molecular flexibility index (Phi) is 5.38. The molecule has 0 aromatic carbocycles. The van der Waals surface area contributed by atoms with Crippen molar-refractivity contribution in [1.82, 2.24) is 10.5 Å². The zero-order valence-corrected chi connectivity index (χ0v) is 12.3. The number of nitrogens with zero attached hydrogens (tertiary/aromatic N) is 1. The number of hydrogen-bond acceptors (Lipinski definition) is 4. The molecule has 1 saturated carbocycles. The van der Waals surface area contributed by atoms with Crippen LogP contribution in [-0.4, -0.2) is 16.6 Å². The molecule has 1 fully saturated rings. The van der Waals surface area contributed by atoms with Gasteiger partial charge in [-0.1, -0.05) is 18.0 Å². The average molecular weight is 288 g/mol. The Hall–Kier alpha value is -1.07. The molecule has 1 amide bonds. The van der Waals surface area contributed by atoms with E-state index >= 15 is 0 Å². The van der Waals surface area contributed by atoms with E-state index in [2.05, 4.69) is 10.5 Å². The molecule has 2 atom stereocenters. The largest absolute Gasteiger partial charge is 0.359 e. The lowest BCUT2D eigenvalue weighted by atomic mass is 9.74. The smallest absolute Gasteiger partial charge is 0.225 e. The fourth-order valence-electron chi connectivity index (χ4n) is 2.59. The summed E-state index contributed by atoms with van der Waals surface area (Å²) >= 11 is 0. The number of hydrogen-bond donors (Lipinski definition) is 2. The molecule has 2 unspecified atom stereocenters. The molecule has 1 aromatic heterocycles. The summed E-state index contributed by atoms with van der Waals surface area (Å²) in [5.74, 6) is 0.597. The van der Waals surface area contributed by atoms with Crippen LogP contribution in [-0.2, 0) is 11.3 Å². The van der Waals surface area contributed by atoms with E-state index in [4.69, 9.17) is 10.3 Å². The van der Waals surface area contributed by atoms with Crippen LogP contribution in [0.4, 0.5) is 0 Å². The predicted octanol–water partition coefficient (Wildman–Crippen LogP) is 1.93. The second-order valence-corrected chi connectivity index (χ2v) is 5.46. The molecule has 0 bridgehead atoms. The number of aryl methyl sites for hydroxylation is 1. The molecule has 1 aliphatic carbocycles. The standard InChI is InChI=1S/C13H21N3O2.ClH/c1-9-7-10(18-16-9)8-15-12(17)11-5-3-4-6-13(11,2)14;/h7,11H,3-6,8,14H2,1-2H3,(H,15,17);1H. The first kappa shape index (κ1) is 16.0. The minimum atomic E-state index is -0.389. The summed E-state index contributed by atoms with van der Waals surface area (Å²) < 4.78 is 5.06. The van der Waals surface area contributed by atoms with Gasteiger partial charge in [0.05, 0.1) is 18.2 Å². The van der Waals surface area contributed by atoms with E-state index in [-0.39, 0.29) is 29.8 Å². The number of carbonyl (C=O) groups is 1. The van der Waals surface area contributed by atoms with Gasteiger partial charge in [0.15, 0.2) is 5.76 Å². The third kappa shape index (κ3) is 3.94. The van der Waals surface area contributed by atoms with Crippen LogP contribution < -0.4 is 11.1 Å². The van der Waals surface area contributed by atoms with Crippen LogP contribution in [0.3, 0.4) is 0 Å². The van der Waals surface area contributed by atoms with E-state index in [1.54, 1.807) is 0 Å². The molecule has 6 heteroatoms. The fraction of sp³-hybridized carbons (Fsp3) is 0.692. The number of nitrogens with one attached hydrogen (secondary N) is 1. The Morgan fingerprint density at radius 1 is 1.63 bits per heavy atom. The van der Waals surface area contributed by atoms with Crippen LogP contribution in [0, 0.1) is 12.8 Å². The summed E-state index contributed by atoms with van der Waals surface area (Å²) in [5, 5.41) is 6.67. The first-order valence-electron chi connectivity index (χ1n) is 6.48. The van der Waals surface area contributed by atoms with E-state index in [1.165, 1.54) is 0 Å². The third-order valence-electron chi connectivity index (χ3n) is 3.68. The van der Waals surface area contributed by atoms with Gasteiger partial charge in [-0.05, 0) is 26.7 Å². The molecular formula is C13H22ClN3O2. The van der Waals surface area contributed by atoms with Gasteiger partial charge < -0.3 is 15.6 Å². The lowest BCUT2D eigenvalue weighted by molar-refractivity contribution is -0.128. The van der Waals surface area contributed by atoms with Crippen molar-refractivity contribution in [3.63, 3.8) is 0 Å². The van der Waals surface area contributed by atoms with Gasteiger partial charge in [0.25, 0.3) is 0 Å². The van der Waals surface area contributed by atoms with Gasteiger partial charge in [0.1, 0.15) is 0 Å². The molecule has 1 heterocycles. The molecule has 108 valence electrons. The lowest BCUT2D eigenvalue weighted by Crippen LogP contribution is -2.52. The highest BCUT2D eigenvalue weighted by Crippen LogP contribution is 2.31. The van der Waals surface area contributed by atoms with Crippen LogP contribution >= 0.6 is 12.4 Å². The molecular weight excluding hydrogens is 266 g/mol. The first-order chi connectivity index (χ1) is 8.49. The predicted molar refractivity (Wildman–Crippen MR) is 74.9 cm³/mol. The summed E-state index contributed by atoms with van der Waals surface area (Å²) in [6.07, 6.45) is 3.96. The van der Waals surface area contributed by atoms with Crippen molar-refractivity contribution < 1.29 is 9.32 Å². The number of rotatable bonds is 3. The Balaban J connectivity index is 0.00000180. The van der Waals surface area contributed by atoms with Crippen LogP contribution in [0.2, 0.25) is 0 Å². The molecule has 5 nitrogen and oxygen atoms in total. The SMILES string of the molecule is Cc1cc(CNC(=O)C2CCCCC2(C)N)on1.Cl. The minimum absolute atomic E-state index is 0. The highest BCUT2D eigenvalue weighted by molar-refractivity contribution is 5.85. The highest BCUT2D eigenvalue weighted by atomic mass is 35.5. The third-order valence-corrected chi connectivity index (χ3v) is 3.68. The number of aromatic nitrogens is 1. The maximum Gasteiger partial charge on any atom is 0.225 e. The first-order valence-corrected chi connectivity index (χ1v) is 6.48. The Bertz CT molecular complexity index is 431. The summed E-state index contributed by atoms with van der Waals surface area (Å²) in [4.78, 5) is 12.1. The van der Waals surface area contributed by atoms with Crippen molar-refractivity contribution in [2.45, 2.75) is 51.6 Å². The molecule has 0 saturated heterocycles. The Labute approximate surface area is 119 Å². The van der Waals surface area contributed by atoms with Crippen molar-refractivity contribution in [3.8, 4) is 0 Å². The summed E-state index contributed by atoms with van der Waals surface area (Å²) in [5.41, 5.74) is 6.63. The normalized spacial score (nSPS) is 26.6. The molecule has 1 aromatic rings. The maximum atomic E-state index is 12.1. The van der Waals surface area contributed by atoms with Crippen LogP contribution in [0.15, 0.2) is 10.6 Å². The van der Waals surface area contributed by atoms with E-state index in [1.807, 2.05) is 19.9 Å². The molecule has 19 heavy (non-hydrogen) atoms. The molecule has 0 radical (unpaired) electrons. The van der Waals surface area contributed by atoms with Crippen LogP contribution in [0.25, 0.3) is 0 Å². The van der Waals surface area contributed by atoms with Gasteiger partial charge in [-0.3, -0.25) is 4.79 Å². The Morgan fingerprint density at radius 2 is 2.37 bits per heavy atom. The second kappa shape index (κ2) is 6.39. The average Bonchev–Trinajstić information content (AvgIpc) is 2.71. The van der Waals surface area contributed by atoms with Crippen molar-refractivity contribution in [2.24, 2.45) is 11.7 Å². The molecule has 3 N–H and O–H groups in total. The number of carbonyl (C=O) groups excluding carboxylic acids is 1. The minimum Gasteiger partial charge on any atom is -0.359 e. The highest BCUT2D eigenvalue weighted by Gasteiger charge is 2.37. The molecule has 0 spiro atoms. The zero-order chi connectivity index (χ0) is 13.2. The van der Waals surface area contributed by atoms with Crippen molar-refractivity contribution in [3.05, 3.63) is 17.5 Å². The van der Waals surface area contributed by atoms with Gasteiger partial charge in [-0.2, -0.15) is 0 Å². The van der Waals surface area contributed by atoms with Crippen LogP contribution in [0.1, 0.15) is 44.1 Å². The van der Waals surface area contributed by atoms with Crippen LogP contribution in [0.5, 0.6) is 0 Å². The quantitative estimate of drug-likeness (QED) is 0.890. The number of halogens is 1. The van der Waals surface area contributed by atoms with E-state index in [9.17, 15) is 4.79 Å². The zero-order valence-electron chi connectivity index (χ0n) is 11.4. The van der Waals surface area contributed by atoms with Crippen molar-refractivity contribution >= 4 is 18.3 Å². The second-order valence-electron chi connectivity index (χ2n) is 5.46. The van der Waals surface area contributed by atoms with Gasteiger partial charge in [-0.25, -0.2) is 0 Å². The molecule has 2 rings (SSSR count). The number of amides is 1. The van der Waals surface area contributed by atoms with Gasteiger partial charge in [0.2, 0.25) is 5.91 Å². The van der Waals surface area contributed by atoms with E-state index < -0.39 is 0 Å². The molecule has 1 aliphatic rings. The monoisotopic (exact) mass is 287 g/mol. The topological polar surface area (TPSA) is 81.2 Å². The summed E-state index contributed by atoms with van der Waals surface area (Å²) in [6, 6.07) is 1.82. The maximum absolute atomic E-state index is 12.1. The summed E-state index contributed by atoms with van der Waals surface area (Å²) in [7, 11) is 0. The van der Waals surface area contributed by atoms with Crippen molar-refractivity contribution in [2.75, 3.05) is 0 Å². The fourth-order valence-corrected chi connectivity index (χ4v) is 2.59. The molecule has 0 aliphatic heterocycles. The van der Waals surface area contributed by atoms with E-state index in [0.717, 1.165) is 31.4 Å². The van der Waals surface area contributed by atoms with Gasteiger partial charge in [-0.15, -0.1) is 12.4 Å². The van der Waals surface area contributed by atoms with Crippen molar-refractivity contribution in [1.29, 1.82) is 0 Å². The van der Waals surface area contributed by atoms with E-state index in [0.29, 0.717) is 12.3 Å². The number of nitrogens with two attached hydrogens (primary N) is 1. The lowest BCUT2D eigenvalue weighted by Gasteiger charge is -2.37.